The maximum Gasteiger partial charge on any atom is 0.356 e. The Bertz CT molecular complexity index is 447. The van der Waals surface area contributed by atoms with Crippen LogP contribution in [0, 0.1) is 11.8 Å². The summed E-state index contributed by atoms with van der Waals surface area (Å²) in [5.74, 6) is 0.612. The van der Waals surface area contributed by atoms with E-state index in [1.807, 2.05) is 6.07 Å². The summed E-state index contributed by atoms with van der Waals surface area (Å²) in [6.45, 7) is 0. The lowest BCUT2D eigenvalue weighted by molar-refractivity contribution is 0.0691. The molecule has 1 aromatic rings. The van der Waals surface area contributed by atoms with Gasteiger partial charge >= 0.3 is 5.97 Å². The molecule has 0 aliphatic heterocycles. The molecule has 0 amide bonds. The Morgan fingerprint density at radius 1 is 1.41 bits per heavy atom. The van der Waals surface area contributed by atoms with Crippen LogP contribution in [0.25, 0.3) is 0 Å². The number of carboxylic acid groups (broad SMARTS) is 1. The van der Waals surface area contributed by atoms with Crippen LogP contribution < -0.4 is 5.32 Å². The van der Waals surface area contributed by atoms with E-state index in [1.165, 1.54) is 31.9 Å². The monoisotopic (exact) mass is 232 g/mol. The Hall–Kier alpha value is -1.58. The first kappa shape index (κ1) is 10.6. The zero-order chi connectivity index (χ0) is 11.8. The quantitative estimate of drug-likeness (QED) is 0.840. The van der Waals surface area contributed by atoms with Crippen LogP contribution in [0.1, 0.15) is 36.2 Å². The first-order valence-electron chi connectivity index (χ1n) is 6.19. The largest absolute Gasteiger partial charge is 0.476 e. The van der Waals surface area contributed by atoms with E-state index in [9.17, 15) is 4.79 Å². The fourth-order valence-electron chi connectivity index (χ4n) is 3.31. The van der Waals surface area contributed by atoms with Crippen molar-refractivity contribution < 1.29 is 9.90 Å². The molecule has 3 rings (SSSR count). The Labute approximate surface area is 100 Å². The lowest BCUT2D eigenvalue weighted by atomic mass is 9.95. The summed E-state index contributed by atoms with van der Waals surface area (Å²) in [6.07, 6.45) is 6.64. The highest BCUT2D eigenvalue weighted by Gasteiger charge is 2.39. The molecular weight excluding hydrogens is 216 g/mol. The second kappa shape index (κ2) is 4.02. The van der Waals surface area contributed by atoms with Crippen molar-refractivity contribution in [1.82, 2.24) is 4.98 Å². The molecule has 17 heavy (non-hydrogen) atoms. The smallest absolute Gasteiger partial charge is 0.356 e. The van der Waals surface area contributed by atoms with Gasteiger partial charge in [-0.25, -0.2) is 9.78 Å². The number of pyridine rings is 1. The minimum absolute atomic E-state index is 0.135. The molecule has 4 nitrogen and oxygen atoms in total. The van der Waals surface area contributed by atoms with Gasteiger partial charge in [0, 0.05) is 12.2 Å². The van der Waals surface area contributed by atoms with E-state index in [1.54, 1.807) is 6.07 Å². The van der Waals surface area contributed by atoms with E-state index in [0.29, 0.717) is 11.7 Å². The minimum atomic E-state index is -0.962. The van der Waals surface area contributed by atoms with E-state index in [0.717, 1.165) is 11.8 Å². The Balaban J connectivity index is 1.79. The van der Waals surface area contributed by atoms with Crippen LogP contribution in [0.5, 0.6) is 0 Å². The number of hydrogen-bond donors (Lipinski definition) is 2. The van der Waals surface area contributed by atoms with E-state index in [2.05, 4.69) is 10.3 Å². The predicted octanol–water partition coefficient (Wildman–Crippen LogP) is 2.38. The Morgan fingerprint density at radius 3 is 2.94 bits per heavy atom. The van der Waals surface area contributed by atoms with Gasteiger partial charge < -0.3 is 10.4 Å². The number of fused-ring (bicyclic) bond motifs is 2. The Morgan fingerprint density at radius 2 is 2.29 bits per heavy atom. The zero-order valence-electron chi connectivity index (χ0n) is 9.60. The van der Waals surface area contributed by atoms with Crippen molar-refractivity contribution in [2.45, 2.75) is 31.7 Å². The number of nitrogens with one attached hydrogen (secondary N) is 1. The lowest BCUT2D eigenvalue weighted by Gasteiger charge is -2.24. The molecule has 0 spiro atoms. The van der Waals surface area contributed by atoms with Crippen molar-refractivity contribution in [1.29, 1.82) is 0 Å². The molecule has 4 heteroatoms. The molecule has 3 atom stereocenters. The number of aromatic nitrogens is 1. The van der Waals surface area contributed by atoms with Crippen LogP contribution in [0.4, 0.5) is 5.69 Å². The molecule has 2 aliphatic rings. The molecular formula is C13H16N2O2. The average Bonchev–Trinajstić information content (AvgIpc) is 2.91. The van der Waals surface area contributed by atoms with Gasteiger partial charge in [0.15, 0.2) is 5.69 Å². The van der Waals surface area contributed by atoms with E-state index in [-0.39, 0.29) is 5.69 Å². The van der Waals surface area contributed by atoms with Crippen LogP contribution in [-0.4, -0.2) is 22.1 Å². The van der Waals surface area contributed by atoms with Gasteiger partial charge in [-0.2, -0.15) is 0 Å². The van der Waals surface area contributed by atoms with Gasteiger partial charge in [0.25, 0.3) is 0 Å². The van der Waals surface area contributed by atoms with Crippen molar-refractivity contribution in [3.8, 4) is 0 Å². The highest BCUT2D eigenvalue weighted by molar-refractivity contribution is 5.91. The van der Waals surface area contributed by atoms with Gasteiger partial charge in [0.05, 0.1) is 5.69 Å². The number of carbonyl (C=O) groups is 1. The molecule has 2 saturated carbocycles. The fourth-order valence-corrected chi connectivity index (χ4v) is 3.31. The first-order chi connectivity index (χ1) is 8.24. The molecule has 2 N–H and O–H groups in total. The first-order valence-corrected chi connectivity index (χ1v) is 6.19. The SMILES string of the molecule is O=C(O)c1ncccc1NC1CC2CCC1C2. The summed E-state index contributed by atoms with van der Waals surface area (Å²) < 4.78 is 0. The highest BCUT2D eigenvalue weighted by atomic mass is 16.4. The van der Waals surface area contributed by atoms with E-state index < -0.39 is 5.97 Å². The van der Waals surface area contributed by atoms with Gasteiger partial charge in [-0.15, -0.1) is 0 Å². The van der Waals surface area contributed by atoms with Crippen LogP contribution in [0.2, 0.25) is 0 Å². The number of rotatable bonds is 3. The molecule has 2 fully saturated rings. The summed E-state index contributed by atoms with van der Waals surface area (Å²) in [6, 6.07) is 4.03. The number of nitrogens with zero attached hydrogens (tertiary/aromatic N) is 1. The minimum Gasteiger partial charge on any atom is -0.476 e. The molecule has 1 aromatic heterocycles. The molecule has 0 saturated heterocycles. The summed E-state index contributed by atoms with van der Waals surface area (Å²) in [4.78, 5) is 15.0. The number of carboxylic acids is 1. The predicted molar refractivity (Wildman–Crippen MR) is 64.1 cm³/mol. The summed E-state index contributed by atoms with van der Waals surface area (Å²) in [5.41, 5.74) is 0.799. The van der Waals surface area contributed by atoms with Crippen LogP contribution in [0.15, 0.2) is 18.3 Å². The topological polar surface area (TPSA) is 62.2 Å². The van der Waals surface area contributed by atoms with Crippen LogP contribution >= 0.6 is 0 Å². The Kier molecular flexibility index (Phi) is 2.50. The number of hydrogen-bond acceptors (Lipinski definition) is 3. The van der Waals surface area contributed by atoms with Crippen LogP contribution in [-0.2, 0) is 0 Å². The summed E-state index contributed by atoms with van der Waals surface area (Å²) >= 11 is 0. The number of anilines is 1. The summed E-state index contributed by atoms with van der Waals surface area (Å²) in [7, 11) is 0. The van der Waals surface area contributed by atoms with Crippen molar-refractivity contribution >= 4 is 11.7 Å². The van der Waals surface area contributed by atoms with E-state index >= 15 is 0 Å². The molecule has 3 unspecified atom stereocenters. The average molecular weight is 232 g/mol. The third kappa shape index (κ3) is 1.88. The van der Waals surface area contributed by atoms with Crippen molar-refractivity contribution in [3.05, 3.63) is 24.0 Å². The van der Waals surface area contributed by atoms with E-state index in [4.69, 9.17) is 5.11 Å². The highest BCUT2D eigenvalue weighted by Crippen LogP contribution is 2.45. The third-order valence-corrected chi connectivity index (χ3v) is 4.09. The molecule has 0 aromatic carbocycles. The zero-order valence-corrected chi connectivity index (χ0v) is 9.60. The van der Waals surface area contributed by atoms with Gasteiger partial charge in [-0.1, -0.05) is 6.42 Å². The van der Waals surface area contributed by atoms with Gasteiger partial charge in [-0.3, -0.25) is 0 Å². The maximum atomic E-state index is 11.1. The fraction of sp³-hybridized carbons (Fsp3) is 0.538. The molecule has 2 aliphatic carbocycles. The number of aromatic carboxylic acids is 1. The maximum absolute atomic E-state index is 11.1. The second-order valence-corrected chi connectivity index (χ2v) is 5.13. The third-order valence-electron chi connectivity index (χ3n) is 4.09. The van der Waals surface area contributed by atoms with Crippen molar-refractivity contribution in [3.63, 3.8) is 0 Å². The summed E-state index contributed by atoms with van der Waals surface area (Å²) in [5, 5.41) is 12.4. The van der Waals surface area contributed by atoms with Gasteiger partial charge in [0.2, 0.25) is 0 Å². The second-order valence-electron chi connectivity index (χ2n) is 5.13. The molecule has 0 radical (unpaired) electrons. The van der Waals surface area contributed by atoms with Crippen molar-refractivity contribution in [2.75, 3.05) is 5.32 Å². The van der Waals surface area contributed by atoms with Crippen LogP contribution in [0.3, 0.4) is 0 Å². The normalized spacial score (nSPS) is 30.5. The van der Waals surface area contributed by atoms with Crippen molar-refractivity contribution in [2.24, 2.45) is 11.8 Å². The van der Waals surface area contributed by atoms with Gasteiger partial charge in [-0.05, 0) is 43.2 Å². The lowest BCUT2D eigenvalue weighted by Crippen LogP contribution is -2.27. The molecule has 1 heterocycles. The molecule has 2 bridgehead atoms. The van der Waals surface area contributed by atoms with Gasteiger partial charge in [0.1, 0.15) is 0 Å². The standard InChI is InChI=1S/C13H16N2O2/c16-13(17)12-10(2-1-5-14-12)15-11-7-8-3-4-9(11)6-8/h1-2,5,8-9,11,15H,3-4,6-7H2,(H,16,17). The molecule has 90 valence electrons.